The number of carbonyl (C=O) groups is 2. The molecule has 0 radical (unpaired) electrons. The smallest absolute Gasteiger partial charge is 0.416 e. The van der Waals surface area contributed by atoms with E-state index in [1.165, 1.54) is 17.0 Å². The van der Waals surface area contributed by atoms with Gasteiger partial charge in [0.2, 0.25) is 0 Å². The summed E-state index contributed by atoms with van der Waals surface area (Å²) in [6.07, 6.45) is -3.69. The molecule has 0 N–H and O–H groups in total. The minimum Gasteiger partial charge on any atom is -0.482 e. The van der Waals surface area contributed by atoms with Crippen LogP contribution in [0.4, 0.5) is 18.9 Å². The number of rotatable bonds is 9. The van der Waals surface area contributed by atoms with Gasteiger partial charge in [-0.25, -0.2) is 4.79 Å². The van der Waals surface area contributed by atoms with Gasteiger partial charge in [0.15, 0.2) is 6.61 Å². The minimum absolute atomic E-state index is 0.146. The van der Waals surface area contributed by atoms with Crippen molar-refractivity contribution in [2.75, 3.05) is 23.9 Å². The lowest BCUT2D eigenvalue weighted by molar-refractivity contribution is -0.145. The summed E-state index contributed by atoms with van der Waals surface area (Å²) in [7, 11) is 0. The highest BCUT2D eigenvalue weighted by Crippen LogP contribution is 2.36. The van der Waals surface area contributed by atoms with Crippen molar-refractivity contribution in [2.45, 2.75) is 37.9 Å². The van der Waals surface area contributed by atoms with Crippen molar-refractivity contribution >= 4 is 29.3 Å². The molecule has 5 nitrogen and oxygen atoms in total. The summed E-state index contributed by atoms with van der Waals surface area (Å²) in [6.45, 7) is 4.11. The number of fused-ring (bicyclic) bond motifs is 1. The van der Waals surface area contributed by atoms with Crippen LogP contribution in [0, 0.1) is 6.92 Å². The monoisotopic (exact) mass is 529 g/mol. The van der Waals surface area contributed by atoms with Crippen molar-refractivity contribution in [3.05, 3.63) is 88.5 Å². The van der Waals surface area contributed by atoms with Gasteiger partial charge in [-0.2, -0.15) is 13.2 Å². The van der Waals surface area contributed by atoms with Crippen LogP contribution in [0.2, 0.25) is 0 Å². The summed E-state index contributed by atoms with van der Waals surface area (Å²) in [5.41, 5.74) is 3.09. The molecule has 1 aliphatic rings. The van der Waals surface area contributed by atoms with E-state index < -0.39 is 17.7 Å². The van der Waals surface area contributed by atoms with Crippen LogP contribution >= 0.6 is 11.8 Å². The third-order valence-corrected chi connectivity index (χ3v) is 7.08. The molecule has 0 saturated carbocycles. The van der Waals surface area contributed by atoms with Gasteiger partial charge >= 0.3 is 12.1 Å². The molecule has 0 aromatic heterocycles. The van der Waals surface area contributed by atoms with Crippen molar-refractivity contribution in [2.24, 2.45) is 0 Å². The number of nitrogens with zero attached hydrogens (tertiary/aromatic N) is 1. The molecule has 37 heavy (non-hydrogen) atoms. The van der Waals surface area contributed by atoms with Gasteiger partial charge in [0, 0.05) is 21.9 Å². The molecule has 3 aromatic carbocycles. The maximum atomic E-state index is 13.0. The van der Waals surface area contributed by atoms with E-state index in [4.69, 9.17) is 9.47 Å². The van der Waals surface area contributed by atoms with E-state index in [2.05, 4.69) is 0 Å². The van der Waals surface area contributed by atoms with Gasteiger partial charge in [0.1, 0.15) is 5.75 Å². The number of benzene rings is 3. The highest BCUT2D eigenvalue weighted by atomic mass is 32.2. The van der Waals surface area contributed by atoms with Gasteiger partial charge < -0.3 is 14.4 Å². The van der Waals surface area contributed by atoms with Crippen molar-refractivity contribution in [3.8, 4) is 5.75 Å². The fourth-order valence-corrected chi connectivity index (χ4v) is 5.13. The van der Waals surface area contributed by atoms with Gasteiger partial charge in [-0.3, -0.25) is 4.79 Å². The third kappa shape index (κ3) is 6.28. The Hall–Kier alpha value is -3.46. The van der Waals surface area contributed by atoms with E-state index in [1.807, 2.05) is 37.3 Å². The molecule has 0 unspecified atom stereocenters. The lowest BCUT2D eigenvalue weighted by Gasteiger charge is -2.17. The van der Waals surface area contributed by atoms with Crippen molar-refractivity contribution < 1.29 is 32.2 Å². The fraction of sp³-hybridized carbons (Fsp3) is 0.286. The number of thioether (sulfide) groups is 1. The van der Waals surface area contributed by atoms with Crippen LogP contribution in [0.1, 0.15) is 39.5 Å². The molecule has 0 fully saturated rings. The van der Waals surface area contributed by atoms with Crippen LogP contribution in [0.3, 0.4) is 0 Å². The third-order valence-electron chi connectivity index (χ3n) is 5.98. The predicted molar refractivity (Wildman–Crippen MR) is 136 cm³/mol. The molecule has 0 saturated heterocycles. The highest BCUT2D eigenvalue weighted by Gasteiger charge is 2.33. The van der Waals surface area contributed by atoms with Gasteiger partial charge in [-0.1, -0.05) is 18.2 Å². The fourth-order valence-electron chi connectivity index (χ4n) is 4.05. The molecule has 9 heteroatoms. The van der Waals surface area contributed by atoms with Crippen LogP contribution in [0.25, 0.3) is 0 Å². The number of aryl methyl sites for hydroxylation is 2. The Morgan fingerprint density at radius 2 is 1.84 bits per heavy atom. The van der Waals surface area contributed by atoms with Crippen molar-refractivity contribution in [1.82, 2.24) is 0 Å². The molecule has 0 aliphatic carbocycles. The second kappa shape index (κ2) is 11.3. The molecule has 1 heterocycles. The van der Waals surface area contributed by atoms with Crippen LogP contribution in [-0.4, -0.2) is 30.8 Å². The number of alkyl halides is 3. The Morgan fingerprint density at radius 3 is 2.54 bits per heavy atom. The Balaban J connectivity index is 1.40. The molecule has 4 rings (SSSR count). The van der Waals surface area contributed by atoms with Crippen molar-refractivity contribution in [3.63, 3.8) is 0 Å². The number of anilines is 1. The summed E-state index contributed by atoms with van der Waals surface area (Å²) >= 11 is 1.62. The van der Waals surface area contributed by atoms with Crippen molar-refractivity contribution in [1.29, 1.82) is 0 Å². The molecule has 3 aromatic rings. The number of ether oxygens (including phenoxy) is 2. The van der Waals surface area contributed by atoms with E-state index >= 15 is 0 Å². The summed E-state index contributed by atoms with van der Waals surface area (Å²) in [5.74, 6) is 0.736. The number of esters is 1. The number of amides is 1. The Kier molecular flexibility index (Phi) is 8.12. The molecule has 0 bridgehead atoms. The summed E-state index contributed by atoms with van der Waals surface area (Å²) in [5, 5.41) is 0. The van der Waals surface area contributed by atoms with Gasteiger partial charge in [-0.05, 0) is 79.4 Å². The van der Waals surface area contributed by atoms with Gasteiger partial charge in [0.25, 0.3) is 5.91 Å². The topological polar surface area (TPSA) is 55.8 Å². The number of hydrogen-bond acceptors (Lipinski definition) is 5. The van der Waals surface area contributed by atoms with E-state index in [-0.39, 0.29) is 12.5 Å². The van der Waals surface area contributed by atoms with Crippen LogP contribution < -0.4 is 9.64 Å². The first-order chi connectivity index (χ1) is 17.7. The summed E-state index contributed by atoms with van der Waals surface area (Å²) < 4.78 is 49.3. The largest absolute Gasteiger partial charge is 0.482 e. The van der Waals surface area contributed by atoms with Crippen LogP contribution in [0.15, 0.2) is 65.6 Å². The van der Waals surface area contributed by atoms with Gasteiger partial charge in [0.05, 0.1) is 18.7 Å². The molecular weight excluding hydrogens is 503 g/mol. The Labute approximate surface area is 217 Å². The molecule has 1 amide bonds. The zero-order valence-corrected chi connectivity index (χ0v) is 21.2. The van der Waals surface area contributed by atoms with Crippen LogP contribution in [0.5, 0.6) is 5.75 Å². The second-order valence-electron chi connectivity index (χ2n) is 8.51. The zero-order chi connectivity index (χ0) is 26.6. The summed E-state index contributed by atoms with van der Waals surface area (Å²) in [6, 6.07) is 16.1. The summed E-state index contributed by atoms with van der Waals surface area (Å²) in [4.78, 5) is 27.1. The quantitative estimate of drug-likeness (QED) is 0.236. The average molecular weight is 530 g/mol. The molecular formula is C28H26F3NO4S. The standard InChI is InChI=1S/C28H26F3NO4S/c1-3-35-26(33)17-36-24-15-19(8-7-18(24)2)13-14-37-25-6-4-5-22-23(25)16-32(27(22)34)21-11-9-20(10-12-21)28(29,30)31/h4-12,15H,3,13-14,16-17H2,1-2H3. The molecule has 0 atom stereocenters. The first-order valence-corrected chi connectivity index (χ1v) is 12.8. The lowest BCUT2D eigenvalue weighted by atomic mass is 10.1. The van der Waals surface area contributed by atoms with E-state index in [1.54, 1.807) is 24.8 Å². The van der Waals surface area contributed by atoms with Crippen LogP contribution in [-0.2, 0) is 28.7 Å². The Morgan fingerprint density at radius 1 is 1.08 bits per heavy atom. The lowest BCUT2D eigenvalue weighted by Crippen LogP contribution is -2.23. The average Bonchev–Trinajstić information content (AvgIpc) is 3.21. The van der Waals surface area contributed by atoms with E-state index in [0.29, 0.717) is 30.2 Å². The van der Waals surface area contributed by atoms with E-state index in [0.717, 1.165) is 45.9 Å². The maximum absolute atomic E-state index is 13.0. The van der Waals surface area contributed by atoms with E-state index in [9.17, 15) is 22.8 Å². The molecule has 0 spiro atoms. The second-order valence-corrected chi connectivity index (χ2v) is 9.65. The van der Waals surface area contributed by atoms with Gasteiger partial charge in [-0.15, -0.1) is 11.8 Å². The molecule has 1 aliphatic heterocycles. The normalized spacial score (nSPS) is 13.0. The zero-order valence-electron chi connectivity index (χ0n) is 20.4. The minimum atomic E-state index is -4.43. The SMILES string of the molecule is CCOC(=O)COc1cc(CCSc2cccc3c2CN(c2ccc(C(F)(F)F)cc2)C3=O)ccc1C. The predicted octanol–water partition coefficient (Wildman–Crippen LogP) is 6.45. The Bertz CT molecular complexity index is 1290. The number of hydrogen-bond donors (Lipinski definition) is 0. The number of halogens is 3. The molecule has 194 valence electrons. The first kappa shape index (κ1) is 26.6. The highest BCUT2D eigenvalue weighted by molar-refractivity contribution is 7.99. The first-order valence-electron chi connectivity index (χ1n) is 11.8. The number of carbonyl (C=O) groups excluding carboxylic acids is 2. The maximum Gasteiger partial charge on any atom is 0.416 e.